The van der Waals surface area contributed by atoms with Crippen molar-refractivity contribution in [1.82, 2.24) is 4.98 Å². The van der Waals surface area contributed by atoms with Crippen LogP contribution >= 0.6 is 0 Å². The number of hydrogen-bond acceptors (Lipinski definition) is 4. The summed E-state index contributed by atoms with van der Waals surface area (Å²) in [5.41, 5.74) is 5.72. The Bertz CT molecular complexity index is 405. The number of nitrogens with two attached hydrogens (primary N) is 1. The lowest BCUT2D eigenvalue weighted by Crippen LogP contribution is -2.39. The minimum atomic E-state index is 0.587. The van der Waals surface area contributed by atoms with Gasteiger partial charge in [-0.15, -0.1) is 0 Å². The number of aromatic nitrogens is 1. The van der Waals surface area contributed by atoms with Crippen LogP contribution in [0.4, 0.5) is 5.82 Å². The van der Waals surface area contributed by atoms with Gasteiger partial charge in [0.25, 0.3) is 0 Å². The second-order valence-electron chi connectivity index (χ2n) is 5.80. The largest absolute Gasteiger partial charge is 0.490 e. The van der Waals surface area contributed by atoms with Crippen molar-refractivity contribution in [2.24, 2.45) is 5.73 Å². The van der Waals surface area contributed by atoms with Gasteiger partial charge in [0.15, 0.2) is 11.6 Å². The molecule has 4 nitrogen and oxygen atoms in total. The zero-order valence-corrected chi connectivity index (χ0v) is 13.3. The molecule has 1 heterocycles. The van der Waals surface area contributed by atoms with E-state index in [0.29, 0.717) is 6.04 Å². The Kier molecular flexibility index (Phi) is 6.80. The molecule has 0 unspecified atom stereocenters. The lowest BCUT2D eigenvalue weighted by atomic mass is 9.94. The molecule has 1 aliphatic carbocycles. The lowest BCUT2D eigenvalue weighted by molar-refractivity contribution is 0.313. The van der Waals surface area contributed by atoms with Gasteiger partial charge in [0.05, 0.1) is 6.61 Å². The predicted molar refractivity (Wildman–Crippen MR) is 87.9 cm³/mol. The number of ether oxygens (including phenoxy) is 1. The third-order valence-corrected chi connectivity index (χ3v) is 4.10. The van der Waals surface area contributed by atoms with Gasteiger partial charge in [-0.25, -0.2) is 4.98 Å². The first-order valence-electron chi connectivity index (χ1n) is 8.41. The first-order chi connectivity index (χ1) is 10.4. The van der Waals surface area contributed by atoms with Crippen molar-refractivity contribution in [2.45, 2.75) is 57.9 Å². The summed E-state index contributed by atoms with van der Waals surface area (Å²) in [6.45, 7) is 4.57. The summed E-state index contributed by atoms with van der Waals surface area (Å²) in [5.74, 6) is 1.92. The molecule has 2 rings (SSSR count). The molecule has 1 aliphatic rings. The van der Waals surface area contributed by atoms with E-state index in [1.807, 2.05) is 18.3 Å². The van der Waals surface area contributed by atoms with Crippen molar-refractivity contribution in [2.75, 3.05) is 24.6 Å². The average molecular weight is 291 g/mol. The average Bonchev–Trinajstić information content (AvgIpc) is 2.55. The van der Waals surface area contributed by atoms with Crippen molar-refractivity contribution in [1.29, 1.82) is 0 Å². The van der Waals surface area contributed by atoms with Gasteiger partial charge in [-0.3, -0.25) is 0 Å². The SMILES string of the molecule is CCCOc1cccnc1N(CCCN)C1CCCCC1. The summed E-state index contributed by atoms with van der Waals surface area (Å²) in [4.78, 5) is 7.06. The third kappa shape index (κ3) is 4.60. The Morgan fingerprint density at radius 2 is 2.14 bits per heavy atom. The molecule has 0 bridgehead atoms. The quantitative estimate of drug-likeness (QED) is 0.798. The molecule has 1 fully saturated rings. The van der Waals surface area contributed by atoms with E-state index in [-0.39, 0.29) is 0 Å². The van der Waals surface area contributed by atoms with Crippen LogP contribution in [0.15, 0.2) is 18.3 Å². The predicted octanol–water partition coefficient (Wildman–Crippen LogP) is 3.36. The Balaban J connectivity index is 2.18. The molecule has 2 N–H and O–H groups in total. The molecule has 0 aliphatic heterocycles. The van der Waals surface area contributed by atoms with Crippen LogP contribution in [0.25, 0.3) is 0 Å². The molecule has 4 heteroatoms. The Hall–Kier alpha value is -1.29. The molecule has 0 radical (unpaired) electrons. The van der Waals surface area contributed by atoms with Crippen LogP contribution in [0.3, 0.4) is 0 Å². The zero-order chi connectivity index (χ0) is 14.9. The number of anilines is 1. The molecule has 0 saturated heterocycles. The topological polar surface area (TPSA) is 51.4 Å². The molecular weight excluding hydrogens is 262 g/mol. The van der Waals surface area contributed by atoms with Crippen LogP contribution in [0.1, 0.15) is 51.9 Å². The summed E-state index contributed by atoms with van der Waals surface area (Å²) < 4.78 is 5.90. The van der Waals surface area contributed by atoms with E-state index in [0.717, 1.165) is 44.1 Å². The Morgan fingerprint density at radius 3 is 2.86 bits per heavy atom. The van der Waals surface area contributed by atoms with Crippen LogP contribution in [0, 0.1) is 0 Å². The van der Waals surface area contributed by atoms with Crippen molar-refractivity contribution in [3.05, 3.63) is 18.3 Å². The zero-order valence-electron chi connectivity index (χ0n) is 13.3. The number of hydrogen-bond donors (Lipinski definition) is 1. The summed E-state index contributed by atoms with van der Waals surface area (Å²) in [6, 6.07) is 4.58. The lowest BCUT2D eigenvalue weighted by Gasteiger charge is -2.36. The van der Waals surface area contributed by atoms with E-state index in [1.54, 1.807) is 0 Å². The molecule has 0 amide bonds. The first kappa shape index (κ1) is 16.1. The van der Waals surface area contributed by atoms with Gasteiger partial charge in [0.1, 0.15) is 0 Å². The van der Waals surface area contributed by atoms with Gasteiger partial charge in [0.2, 0.25) is 0 Å². The smallest absolute Gasteiger partial charge is 0.171 e. The molecule has 1 aromatic rings. The minimum absolute atomic E-state index is 0.587. The Morgan fingerprint density at radius 1 is 1.33 bits per heavy atom. The maximum atomic E-state index is 5.90. The molecule has 0 atom stereocenters. The maximum Gasteiger partial charge on any atom is 0.171 e. The second kappa shape index (κ2) is 8.88. The summed E-state index contributed by atoms with van der Waals surface area (Å²) in [6.07, 6.45) is 10.4. The fourth-order valence-electron chi connectivity index (χ4n) is 3.04. The summed E-state index contributed by atoms with van der Waals surface area (Å²) in [5, 5.41) is 0. The highest BCUT2D eigenvalue weighted by Crippen LogP contribution is 2.32. The standard InChI is InChI=1S/C17H29N3O/c1-2-14-21-16-10-6-12-19-17(16)20(13-7-11-18)15-8-4-3-5-9-15/h6,10,12,15H,2-5,7-9,11,13-14,18H2,1H3. The van der Waals surface area contributed by atoms with E-state index >= 15 is 0 Å². The summed E-state index contributed by atoms with van der Waals surface area (Å²) >= 11 is 0. The van der Waals surface area contributed by atoms with E-state index in [1.165, 1.54) is 32.1 Å². The molecular formula is C17H29N3O. The number of rotatable bonds is 8. The molecule has 1 aromatic heterocycles. The van der Waals surface area contributed by atoms with E-state index in [9.17, 15) is 0 Å². The second-order valence-corrected chi connectivity index (χ2v) is 5.80. The van der Waals surface area contributed by atoms with Gasteiger partial charge in [-0.05, 0) is 44.4 Å². The molecule has 0 aromatic carbocycles. The van der Waals surface area contributed by atoms with E-state index in [4.69, 9.17) is 10.5 Å². The van der Waals surface area contributed by atoms with E-state index in [2.05, 4.69) is 16.8 Å². The number of pyridine rings is 1. The highest BCUT2D eigenvalue weighted by molar-refractivity contribution is 5.53. The highest BCUT2D eigenvalue weighted by Gasteiger charge is 2.24. The summed E-state index contributed by atoms with van der Waals surface area (Å²) in [7, 11) is 0. The molecule has 1 saturated carbocycles. The van der Waals surface area contributed by atoms with Crippen molar-refractivity contribution < 1.29 is 4.74 Å². The van der Waals surface area contributed by atoms with Crippen molar-refractivity contribution in [3.8, 4) is 5.75 Å². The fraction of sp³-hybridized carbons (Fsp3) is 0.706. The van der Waals surface area contributed by atoms with Crippen molar-refractivity contribution >= 4 is 5.82 Å². The van der Waals surface area contributed by atoms with Gasteiger partial charge < -0.3 is 15.4 Å². The maximum absolute atomic E-state index is 5.90. The molecule has 118 valence electrons. The van der Waals surface area contributed by atoms with Crippen molar-refractivity contribution in [3.63, 3.8) is 0 Å². The molecule has 0 spiro atoms. The third-order valence-electron chi connectivity index (χ3n) is 4.10. The van der Waals surface area contributed by atoms with Crippen LogP contribution in [0.2, 0.25) is 0 Å². The van der Waals surface area contributed by atoms with Crippen LogP contribution in [-0.2, 0) is 0 Å². The van der Waals surface area contributed by atoms with Gasteiger partial charge in [-0.1, -0.05) is 26.2 Å². The molecule has 21 heavy (non-hydrogen) atoms. The van der Waals surface area contributed by atoms with E-state index < -0.39 is 0 Å². The van der Waals surface area contributed by atoms with Gasteiger partial charge in [0, 0.05) is 18.8 Å². The Labute approximate surface area is 128 Å². The fourth-order valence-corrected chi connectivity index (χ4v) is 3.04. The minimum Gasteiger partial charge on any atom is -0.490 e. The monoisotopic (exact) mass is 291 g/mol. The normalized spacial score (nSPS) is 15.9. The highest BCUT2D eigenvalue weighted by atomic mass is 16.5. The first-order valence-corrected chi connectivity index (χ1v) is 8.41. The van der Waals surface area contributed by atoms with Crippen LogP contribution < -0.4 is 15.4 Å². The van der Waals surface area contributed by atoms with Crippen LogP contribution in [0.5, 0.6) is 5.75 Å². The van der Waals surface area contributed by atoms with Crippen LogP contribution in [-0.4, -0.2) is 30.7 Å². The number of nitrogens with zero attached hydrogens (tertiary/aromatic N) is 2. The van der Waals surface area contributed by atoms with Gasteiger partial charge in [-0.2, -0.15) is 0 Å². The van der Waals surface area contributed by atoms with Gasteiger partial charge >= 0.3 is 0 Å².